The Hall–Kier alpha value is -0.240. The van der Waals surface area contributed by atoms with Crippen molar-refractivity contribution in [2.24, 2.45) is 12.8 Å². The van der Waals surface area contributed by atoms with E-state index in [-0.39, 0.29) is 35.6 Å². The lowest BCUT2D eigenvalue weighted by Crippen LogP contribution is -2.13. The number of amides is 1. The van der Waals surface area contributed by atoms with Crippen molar-refractivity contribution in [2.75, 3.05) is 5.75 Å². The summed E-state index contributed by atoms with van der Waals surface area (Å²) in [5.74, 6) is -0.0387. The van der Waals surface area contributed by atoms with Crippen molar-refractivity contribution < 1.29 is 4.79 Å². The van der Waals surface area contributed by atoms with Gasteiger partial charge in [0.1, 0.15) is 0 Å². The zero-order valence-electron chi connectivity index (χ0n) is 6.56. The van der Waals surface area contributed by atoms with E-state index in [1.807, 2.05) is 17.8 Å². The molecule has 68 valence electrons. The van der Waals surface area contributed by atoms with Crippen LogP contribution in [0.5, 0.6) is 0 Å². The summed E-state index contributed by atoms with van der Waals surface area (Å²) in [6, 6.07) is 0. The maximum atomic E-state index is 10.4. The van der Waals surface area contributed by atoms with E-state index in [1.54, 1.807) is 6.20 Å². The largest absolute Gasteiger partial charge is 0.369 e. The highest BCUT2D eigenvalue weighted by atomic mass is 127. The lowest BCUT2D eigenvalue weighted by Gasteiger charge is -1.97. The molecular formula is C6H10IN3OS. The molecule has 0 fully saturated rings. The first-order chi connectivity index (χ1) is 5.20. The molecule has 0 unspecified atom stereocenters. The summed E-state index contributed by atoms with van der Waals surface area (Å²) in [5, 5.41) is 0.809. The van der Waals surface area contributed by atoms with Crippen LogP contribution < -0.4 is 5.73 Å². The molecule has 1 aromatic rings. The summed E-state index contributed by atoms with van der Waals surface area (Å²) in [5.41, 5.74) is 4.96. The molecule has 2 N–H and O–H groups in total. The maximum Gasteiger partial charge on any atom is 0.227 e. The molecule has 0 atom stereocenters. The molecule has 1 amide bonds. The molecule has 0 saturated carbocycles. The van der Waals surface area contributed by atoms with Crippen LogP contribution in [0.25, 0.3) is 0 Å². The van der Waals surface area contributed by atoms with Crippen LogP contribution in [0.1, 0.15) is 0 Å². The Balaban J connectivity index is 0.00000121. The van der Waals surface area contributed by atoms with E-state index in [4.69, 9.17) is 5.73 Å². The monoisotopic (exact) mass is 299 g/mol. The zero-order valence-corrected chi connectivity index (χ0v) is 9.71. The van der Waals surface area contributed by atoms with Gasteiger partial charge in [0.2, 0.25) is 5.91 Å². The fourth-order valence-electron chi connectivity index (χ4n) is 0.627. The summed E-state index contributed by atoms with van der Waals surface area (Å²) in [4.78, 5) is 14.4. The van der Waals surface area contributed by atoms with Crippen LogP contribution in [0.15, 0.2) is 17.6 Å². The lowest BCUT2D eigenvalue weighted by atomic mass is 10.8. The quantitative estimate of drug-likeness (QED) is 0.657. The Labute approximate surface area is 91.9 Å². The molecule has 1 aromatic heterocycles. The minimum absolute atomic E-state index is 0. The summed E-state index contributed by atoms with van der Waals surface area (Å²) < 4.78 is 1.84. The molecule has 0 aromatic carbocycles. The number of primary amides is 1. The van der Waals surface area contributed by atoms with Crippen molar-refractivity contribution in [3.8, 4) is 0 Å². The fraction of sp³-hybridized carbons (Fsp3) is 0.333. The number of carbonyl (C=O) groups excluding carboxylic acids is 1. The van der Waals surface area contributed by atoms with Crippen LogP contribution in [0, 0.1) is 0 Å². The molecule has 0 aliphatic rings. The van der Waals surface area contributed by atoms with E-state index in [9.17, 15) is 4.79 Å². The SMILES string of the molecule is Cn1ccnc1SCC(N)=O.I. The van der Waals surface area contributed by atoms with Gasteiger partial charge in [-0.25, -0.2) is 4.98 Å². The second kappa shape index (κ2) is 5.41. The highest BCUT2D eigenvalue weighted by Gasteiger charge is 2.01. The Morgan fingerprint density at radius 1 is 1.83 bits per heavy atom. The number of imidazole rings is 1. The van der Waals surface area contributed by atoms with Crippen LogP contribution in [-0.2, 0) is 11.8 Å². The first kappa shape index (κ1) is 11.8. The van der Waals surface area contributed by atoms with Crippen molar-refractivity contribution in [1.29, 1.82) is 0 Å². The fourth-order valence-corrected chi connectivity index (χ4v) is 1.30. The summed E-state index contributed by atoms with van der Waals surface area (Å²) in [6.07, 6.45) is 3.51. The number of rotatable bonds is 3. The topological polar surface area (TPSA) is 60.9 Å². The molecular weight excluding hydrogens is 289 g/mol. The number of hydrogen-bond donors (Lipinski definition) is 1. The van der Waals surface area contributed by atoms with E-state index in [2.05, 4.69) is 4.98 Å². The third-order valence-corrected chi connectivity index (χ3v) is 2.20. The van der Waals surface area contributed by atoms with Gasteiger partial charge in [-0.1, -0.05) is 11.8 Å². The van der Waals surface area contributed by atoms with Crippen molar-refractivity contribution >= 4 is 41.6 Å². The van der Waals surface area contributed by atoms with Crippen LogP contribution in [0.4, 0.5) is 0 Å². The number of nitrogens with zero attached hydrogens (tertiary/aromatic N) is 2. The molecule has 0 saturated heterocycles. The standard InChI is InChI=1S/C6H9N3OS.HI/c1-9-3-2-8-6(9)11-4-5(7)10;/h2-3H,4H2,1H3,(H2,7,10);1H. The maximum absolute atomic E-state index is 10.4. The van der Waals surface area contributed by atoms with Gasteiger partial charge in [-0.05, 0) is 0 Å². The predicted molar refractivity (Wildman–Crippen MR) is 58.5 cm³/mol. The second-order valence-electron chi connectivity index (χ2n) is 2.08. The molecule has 0 spiro atoms. The number of hydrogen-bond acceptors (Lipinski definition) is 3. The van der Waals surface area contributed by atoms with Gasteiger partial charge in [-0.3, -0.25) is 4.79 Å². The Kier molecular flexibility index (Phi) is 5.31. The predicted octanol–water partition coefficient (Wildman–Crippen LogP) is 0.615. The van der Waals surface area contributed by atoms with Crippen LogP contribution in [0.2, 0.25) is 0 Å². The Bertz CT molecular complexity index is 263. The molecule has 1 heterocycles. The highest BCUT2D eigenvalue weighted by molar-refractivity contribution is 14.0. The minimum atomic E-state index is -0.321. The van der Waals surface area contributed by atoms with Crippen LogP contribution >= 0.6 is 35.7 Å². The Morgan fingerprint density at radius 3 is 2.92 bits per heavy atom. The number of carbonyl (C=O) groups is 1. The number of aryl methyl sites for hydroxylation is 1. The molecule has 0 bridgehead atoms. The van der Waals surface area contributed by atoms with E-state index in [0.717, 1.165) is 5.16 Å². The third-order valence-electron chi connectivity index (χ3n) is 1.12. The van der Waals surface area contributed by atoms with Gasteiger partial charge in [0.05, 0.1) is 5.75 Å². The van der Waals surface area contributed by atoms with Crippen molar-refractivity contribution in [3.63, 3.8) is 0 Å². The molecule has 12 heavy (non-hydrogen) atoms. The average Bonchev–Trinajstić information content (AvgIpc) is 2.31. The summed E-state index contributed by atoms with van der Waals surface area (Å²) in [6.45, 7) is 0. The number of aromatic nitrogens is 2. The van der Waals surface area contributed by atoms with Gasteiger partial charge in [0.25, 0.3) is 0 Å². The normalized spacial score (nSPS) is 9.08. The summed E-state index contributed by atoms with van der Waals surface area (Å²) in [7, 11) is 1.87. The first-order valence-electron chi connectivity index (χ1n) is 3.08. The van der Waals surface area contributed by atoms with E-state index in [0.29, 0.717) is 0 Å². The average molecular weight is 299 g/mol. The zero-order chi connectivity index (χ0) is 8.27. The molecule has 0 aliphatic heterocycles. The summed E-state index contributed by atoms with van der Waals surface area (Å²) >= 11 is 1.34. The van der Waals surface area contributed by atoms with Crippen LogP contribution in [0.3, 0.4) is 0 Å². The van der Waals surface area contributed by atoms with Gasteiger partial charge in [0.15, 0.2) is 5.16 Å². The molecule has 1 rings (SSSR count). The third kappa shape index (κ3) is 3.44. The van der Waals surface area contributed by atoms with Gasteiger partial charge >= 0.3 is 0 Å². The van der Waals surface area contributed by atoms with E-state index >= 15 is 0 Å². The smallest absolute Gasteiger partial charge is 0.227 e. The van der Waals surface area contributed by atoms with Gasteiger partial charge in [0, 0.05) is 19.4 Å². The van der Waals surface area contributed by atoms with Gasteiger partial charge in [-0.15, -0.1) is 24.0 Å². The first-order valence-corrected chi connectivity index (χ1v) is 4.07. The Morgan fingerprint density at radius 2 is 2.50 bits per heavy atom. The van der Waals surface area contributed by atoms with Crippen molar-refractivity contribution in [2.45, 2.75) is 5.16 Å². The van der Waals surface area contributed by atoms with Crippen LogP contribution in [-0.4, -0.2) is 21.2 Å². The van der Waals surface area contributed by atoms with Crippen molar-refractivity contribution in [1.82, 2.24) is 9.55 Å². The van der Waals surface area contributed by atoms with Gasteiger partial charge in [-0.2, -0.15) is 0 Å². The molecule has 4 nitrogen and oxygen atoms in total. The lowest BCUT2D eigenvalue weighted by molar-refractivity contribution is -0.115. The van der Waals surface area contributed by atoms with Crippen molar-refractivity contribution in [3.05, 3.63) is 12.4 Å². The van der Waals surface area contributed by atoms with E-state index < -0.39 is 0 Å². The number of thioether (sulfide) groups is 1. The highest BCUT2D eigenvalue weighted by Crippen LogP contribution is 2.12. The molecule has 0 aliphatic carbocycles. The second-order valence-corrected chi connectivity index (χ2v) is 3.02. The molecule has 6 heteroatoms. The molecule has 0 radical (unpaired) electrons. The van der Waals surface area contributed by atoms with E-state index in [1.165, 1.54) is 11.8 Å². The van der Waals surface area contributed by atoms with Gasteiger partial charge < -0.3 is 10.3 Å². The number of nitrogens with two attached hydrogens (primary N) is 1. The minimum Gasteiger partial charge on any atom is -0.369 e. The number of halogens is 1.